The molecule has 0 radical (unpaired) electrons. The summed E-state index contributed by atoms with van der Waals surface area (Å²) in [5, 5.41) is 11.4. The van der Waals surface area contributed by atoms with Gasteiger partial charge in [-0.2, -0.15) is 0 Å². The van der Waals surface area contributed by atoms with Gasteiger partial charge in [-0.25, -0.2) is 4.79 Å². The molecule has 8 nitrogen and oxygen atoms in total. The summed E-state index contributed by atoms with van der Waals surface area (Å²) in [6.45, 7) is 6.09. The van der Waals surface area contributed by atoms with Crippen molar-refractivity contribution in [3.63, 3.8) is 0 Å². The second-order valence-corrected chi connectivity index (χ2v) is 8.27. The molecule has 2 N–H and O–H groups in total. The predicted molar refractivity (Wildman–Crippen MR) is 126 cm³/mol. The Bertz CT molecular complexity index is 1220. The summed E-state index contributed by atoms with van der Waals surface area (Å²) < 4.78 is 19.5. The van der Waals surface area contributed by atoms with Gasteiger partial charge in [-0.15, -0.1) is 6.58 Å². The van der Waals surface area contributed by atoms with Crippen LogP contribution in [0.1, 0.15) is 22.9 Å². The van der Waals surface area contributed by atoms with Gasteiger partial charge in [0.15, 0.2) is 6.23 Å². The number of aliphatic hydroxyl groups excluding tert-OH is 1. The molecule has 1 aliphatic heterocycles. The van der Waals surface area contributed by atoms with E-state index in [2.05, 4.69) is 11.6 Å². The predicted octanol–water partition coefficient (Wildman–Crippen LogP) is 2.46. The van der Waals surface area contributed by atoms with Gasteiger partial charge in [0.2, 0.25) is 0 Å². The second-order valence-electron chi connectivity index (χ2n) is 8.27. The zero-order valence-corrected chi connectivity index (χ0v) is 18.9. The van der Waals surface area contributed by atoms with E-state index < -0.39 is 35.3 Å². The zero-order chi connectivity index (χ0) is 24.1. The lowest BCUT2D eigenvalue weighted by Crippen LogP contribution is -2.50. The maximum atomic E-state index is 12.5. The van der Waals surface area contributed by atoms with Crippen LogP contribution in [0, 0.1) is 6.92 Å². The molecule has 0 unspecified atom stereocenters. The first kappa shape index (κ1) is 23.8. The molecule has 0 spiro atoms. The third-order valence-corrected chi connectivity index (χ3v) is 5.99. The Hall–Kier alpha value is -3.30. The lowest BCUT2D eigenvalue weighted by Gasteiger charge is -2.33. The third kappa shape index (κ3) is 4.80. The molecule has 1 saturated heterocycles. The molecule has 1 aromatic heterocycles. The summed E-state index contributed by atoms with van der Waals surface area (Å²) in [7, 11) is 0. The summed E-state index contributed by atoms with van der Waals surface area (Å²) in [6.07, 6.45) is -0.297. The van der Waals surface area contributed by atoms with Gasteiger partial charge in [-0.05, 0) is 18.1 Å². The van der Waals surface area contributed by atoms with Crippen molar-refractivity contribution in [1.82, 2.24) is 9.55 Å². The molecular weight excluding hydrogens is 436 g/mol. The number of aryl methyl sites for hydroxylation is 1. The molecule has 1 aliphatic rings. The van der Waals surface area contributed by atoms with E-state index in [9.17, 15) is 14.7 Å². The van der Waals surface area contributed by atoms with Crippen LogP contribution in [-0.2, 0) is 27.4 Å². The molecule has 4 rings (SSSR count). The van der Waals surface area contributed by atoms with E-state index in [4.69, 9.17) is 14.2 Å². The van der Waals surface area contributed by atoms with E-state index >= 15 is 0 Å². The number of aromatic amines is 1. The van der Waals surface area contributed by atoms with Gasteiger partial charge in [0.25, 0.3) is 5.56 Å². The number of rotatable bonds is 9. The number of hydrogen-bond donors (Lipinski definition) is 2. The molecule has 34 heavy (non-hydrogen) atoms. The minimum Gasteiger partial charge on any atom is -0.385 e. The zero-order valence-electron chi connectivity index (χ0n) is 18.9. The maximum Gasteiger partial charge on any atom is 0.330 e. The number of H-pyrrole nitrogens is 1. The summed E-state index contributed by atoms with van der Waals surface area (Å²) in [4.78, 5) is 26.6. The summed E-state index contributed by atoms with van der Waals surface area (Å²) in [6, 6.07) is 19.2. The maximum absolute atomic E-state index is 12.5. The molecule has 0 aliphatic carbocycles. The molecular formula is C26H28N2O6. The monoisotopic (exact) mass is 464 g/mol. The Balaban J connectivity index is 1.62. The first-order chi connectivity index (χ1) is 16.4. The van der Waals surface area contributed by atoms with E-state index in [1.165, 1.54) is 16.8 Å². The molecule has 0 saturated carbocycles. The highest BCUT2D eigenvalue weighted by Crippen LogP contribution is 2.41. The Morgan fingerprint density at radius 2 is 1.71 bits per heavy atom. The molecule has 4 atom stereocenters. The topological polar surface area (TPSA) is 103 Å². The minimum atomic E-state index is -1.36. The standard InChI is InChI=1S/C26H28N2O6/c1-3-26(33-16-20-12-8-5-9-13-20)21(17-32-15-19-10-6-4-7-11-19)34-24(22(26)29)28-14-18(2)23(30)27-25(28)31/h3-14,21-22,24,29H,1,15-17H2,2H3,(H,27,30,31)/t21-,22-,24+,26-/m1/s1. The number of aliphatic hydroxyl groups is 1. The van der Waals surface area contributed by atoms with Gasteiger partial charge in [0, 0.05) is 11.8 Å². The molecule has 178 valence electrons. The average molecular weight is 465 g/mol. The van der Waals surface area contributed by atoms with Crippen molar-refractivity contribution < 1.29 is 19.3 Å². The van der Waals surface area contributed by atoms with Crippen LogP contribution in [-0.4, -0.2) is 39.1 Å². The molecule has 3 aromatic rings. The van der Waals surface area contributed by atoms with Gasteiger partial charge >= 0.3 is 5.69 Å². The van der Waals surface area contributed by atoms with E-state index in [1.54, 1.807) is 6.92 Å². The highest BCUT2D eigenvalue weighted by molar-refractivity contribution is 5.18. The van der Waals surface area contributed by atoms with E-state index in [0.717, 1.165) is 11.1 Å². The van der Waals surface area contributed by atoms with Crippen molar-refractivity contribution in [3.8, 4) is 0 Å². The first-order valence-electron chi connectivity index (χ1n) is 11.0. The SMILES string of the molecule is C=C[C@]1(OCc2ccccc2)[C@H](O)[C@@H](n2cc(C)c(=O)[nH]c2=O)O[C@@H]1COCc1ccccc1. The second kappa shape index (κ2) is 10.3. The molecule has 8 heteroatoms. The Morgan fingerprint density at radius 3 is 2.32 bits per heavy atom. The smallest absolute Gasteiger partial charge is 0.330 e. The van der Waals surface area contributed by atoms with Crippen LogP contribution in [0.4, 0.5) is 0 Å². The summed E-state index contributed by atoms with van der Waals surface area (Å²) >= 11 is 0. The molecule has 2 aromatic carbocycles. The lowest BCUT2D eigenvalue weighted by atomic mass is 9.91. The fourth-order valence-electron chi connectivity index (χ4n) is 4.05. The number of nitrogens with zero attached hydrogens (tertiary/aromatic N) is 1. The highest BCUT2D eigenvalue weighted by Gasteiger charge is 2.56. The Labute approximate surface area is 197 Å². The van der Waals surface area contributed by atoms with E-state index in [1.807, 2.05) is 60.7 Å². The van der Waals surface area contributed by atoms with Crippen LogP contribution in [0.15, 0.2) is 89.1 Å². The van der Waals surface area contributed by atoms with Crippen LogP contribution in [0.5, 0.6) is 0 Å². The van der Waals surface area contributed by atoms with E-state index in [-0.39, 0.29) is 13.2 Å². The number of ether oxygens (including phenoxy) is 3. The molecule has 0 amide bonds. The van der Waals surface area contributed by atoms with Crippen LogP contribution in [0.3, 0.4) is 0 Å². The molecule has 0 bridgehead atoms. The van der Waals surface area contributed by atoms with Crippen LogP contribution in [0.25, 0.3) is 0 Å². The van der Waals surface area contributed by atoms with Crippen molar-refractivity contribution in [2.24, 2.45) is 0 Å². The van der Waals surface area contributed by atoms with Gasteiger partial charge < -0.3 is 19.3 Å². The lowest BCUT2D eigenvalue weighted by molar-refractivity contribution is -0.123. The third-order valence-electron chi connectivity index (χ3n) is 5.99. The summed E-state index contributed by atoms with van der Waals surface area (Å²) in [5.41, 5.74) is -0.340. The van der Waals surface area contributed by atoms with Crippen LogP contribution in [0.2, 0.25) is 0 Å². The van der Waals surface area contributed by atoms with Gasteiger partial charge in [0.1, 0.15) is 17.8 Å². The van der Waals surface area contributed by atoms with E-state index in [0.29, 0.717) is 12.2 Å². The number of nitrogens with one attached hydrogen (secondary N) is 1. The number of aromatic nitrogens is 2. The minimum absolute atomic E-state index is 0.0837. The van der Waals surface area contributed by atoms with Crippen molar-refractivity contribution >= 4 is 0 Å². The molecule has 1 fully saturated rings. The fraction of sp³-hybridized carbons (Fsp3) is 0.308. The van der Waals surface area contributed by atoms with Gasteiger partial charge in [-0.1, -0.05) is 66.7 Å². The number of hydrogen-bond acceptors (Lipinski definition) is 6. The van der Waals surface area contributed by atoms with Crippen LogP contribution < -0.4 is 11.2 Å². The quantitative estimate of drug-likeness (QED) is 0.472. The van der Waals surface area contributed by atoms with Gasteiger partial charge in [0.05, 0.1) is 19.8 Å². The van der Waals surface area contributed by atoms with Gasteiger partial charge in [-0.3, -0.25) is 14.3 Å². The summed E-state index contributed by atoms with van der Waals surface area (Å²) in [5.74, 6) is 0. The van der Waals surface area contributed by atoms with Crippen LogP contribution >= 0.6 is 0 Å². The average Bonchev–Trinajstić information content (AvgIpc) is 3.13. The Kier molecular flexibility index (Phi) is 7.23. The van der Waals surface area contributed by atoms with Crippen molar-refractivity contribution in [3.05, 3.63) is 117 Å². The first-order valence-corrected chi connectivity index (χ1v) is 11.0. The largest absolute Gasteiger partial charge is 0.385 e. The van der Waals surface area contributed by atoms with Crippen molar-refractivity contribution in [2.45, 2.75) is 44.2 Å². The van der Waals surface area contributed by atoms with Crippen molar-refractivity contribution in [1.29, 1.82) is 0 Å². The van der Waals surface area contributed by atoms with Crippen molar-refractivity contribution in [2.75, 3.05) is 6.61 Å². The highest BCUT2D eigenvalue weighted by atomic mass is 16.6. The normalized spacial score (nSPS) is 24.2. The fourth-order valence-corrected chi connectivity index (χ4v) is 4.05. The number of benzene rings is 2. The molecule has 2 heterocycles. The Morgan fingerprint density at radius 1 is 1.09 bits per heavy atom.